The second-order valence-electron chi connectivity index (χ2n) is 5.15. The van der Waals surface area contributed by atoms with Crippen molar-refractivity contribution in [2.75, 3.05) is 0 Å². The molecule has 2 amide bonds. The third-order valence-corrected chi connectivity index (χ3v) is 3.44. The van der Waals surface area contributed by atoms with E-state index in [0.29, 0.717) is 10.6 Å². The van der Waals surface area contributed by atoms with Gasteiger partial charge in [-0.25, -0.2) is 0 Å². The van der Waals surface area contributed by atoms with Crippen molar-refractivity contribution in [3.8, 4) is 0 Å². The summed E-state index contributed by atoms with van der Waals surface area (Å²) in [6.45, 7) is 3.81. The van der Waals surface area contributed by atoms with E-state index in [9.17, 15) is 9.59 Å². The van der Waals surface area contributed by atoms with Crippen LogP contribution in [0.5, 0.6) is 0 Å². The van der Waals surface area contributed by atoms with Crippen molar-refractivity contribution in [3.05, 3.63) is 75.8 Å². The molecule has 2 rings (SSSR count). The van der Waals surface area contributed by atoms with E-state index in [1.165, 1.54) is 6.08 Å². The Morgan fingerprint density at radius 1 is 1.04 bits per heavy atom. The third kappa shape index (κ3) is 4.97. The number of carbonyl (C=O) groups is 2. The van der Waals surface area contributed by atoms with Crippen LogP contribution in [0.2, 0.25) is 5.02 Å². The van der Waals surface area contributed by atoms with Gasteiger partial charge in [-0.1, -0.05) is 41.4 Å². The molecule has 2 aromatic carbocycles. The fourth-order valence-corrected chi connectivity index (χ4v) is 2.28. The van der Waals surface area contributed by atoms with Gasteiger partial charge in [0.05, 0.1) is 0 Å². The Labute approximate surface area is 140 Å². The topological polar surface area (TPSA) is 58.2 Å². The molecule has 0 unspecified atom stereocenters. The zero-order valence-corrected chi connectivity index (χ0v) is 13.6. The van der Waals surface area contributed by atoms with Gasteiger partial charge in [0.1, 0.15) is 0 Å². The van der Waals surface area contributed by atoms with Crippen molar-refractivity contribution >= 4 is 29.5 Å². The zero-order valence-electron chi connectivity index (χ0n) is 12.9. The van der Waals surface area contributed by atoms with Crippen molar-refractivity contribution in [3.63, 3.8) is 0 Å². The van der Waals surface area contributed by atoms with E-state index in [1.54, 1.807) is 30.3 Å². The van der Waals surface area contributed by atoms with Crippen LogP contribution in [-0.4, -0.2) is 11.8 Å². The number of carbonyl (C=O) groups excluding carboxylic acids is 2. The quantitative estimate of drug-likeness (QED) is 0.670. The molecule has 0 saturated heterocycles. The summed E-state index contributed by atoms with van der Waals surface area (Å²) < 4.78 is 0. The normalized spacial score (nSPS) is 10.6. The molecule has 0 spiro atoms. The molecule has 0 aliphatic carbocycles. The summed E-state index contributed by atoms with van der Waals surface area (Å²) in [6.07, 6.45) is 2.94. The van der Waals surface area contributed by atoms with E-state index in [1.807, 2.05) is 32.0 Å². The van der Waals surface area contributed by atoms with Crippen molar-refractivity contribution in [2.24, 2.45) is 0 Å². The fourth-order valence-electron chi connectivity index (χ4n) is 2.08. The lowest BCUT2D eigenvalue weighted by molar-refractivity contribution is -0.117. The van der Waals surface area contributed by atoms with Crippen LogP contribution in [0.15, 0.2) is 48.5 Å². The lowest BCUT2D eigenvalue weighted by Crippen LogP contribution is -2.41. The van der Waals surface area contributed by atoms with Crippen molar-refractivity contribution in [1.82, 2.24) is 10.9 Å². The van der Waals surface area contributed by atoms with Gasteiger partial charge in [0.15, 0.2) is 0 Å². The summed E-state index contributed by atoms with van der Waals surface area (Å²) in [5, 5.41) is 0.593. The SMILES string of the molecule is Cc1ccc(C(=O)NNC(=O)/C=C/c2cccc(Cl)c2)c(C)c1. The number of benzene rings is 2. The van der Waals surface area contributed by atoms with Gasteiger partial charge in [0.25, 0.3) is 11.8 Å². The number of amides is 2. The Morgan fingerprint density at radius 2 is 1.83 bits per heavy atom. The minimum atomic E-state index is -0.428. The standard InChI is InChI=1S/C18H17ClN2O2/c1-12-6-8-16(13(2)10-12)18(23)21-20-17(22)9-7-14-4-3-5-15(19)11-14/h3-11H,1-2H3,(H,20,22)(H,21,23)/b9-7+. The highest BCUT2D eigenvalue weighted by atomic mass is 35.5. The monoisotopic (exact) mass is 328 g/mol. The lowest BCUT2D eigenvalue weighted by atomic mass is 10.1. The molecule has 0 aliphatic rings. The summed E-state index contributed by atoms with van der Waals surface area (Å²) in [4.78, 5) is 23.8. The predicted molar refractivity (Wildman–Crippen MR) is 92.0 cm³/mol. The van der Waals surface area contributed by atoms with Crippen LogP contribution in [0.25, 0.3) is 6.08 Å². The number of nitrogens with one attached hydrogen (secondary N) is 2. The van der Waals surface area contributed by atoms with Gasteiger partial charge < -0.3 is 0 Å². The first-order valence-electron chi connectivity index (χ1n) is 7.07. The molecule has 0 fully saturated rings. The highest BCUT2D eigenvalue weighted by Gasteiger charge is 2.09. The Kier molecular flexibility index (Phi) is 5.55. The van der Waals surface area contributed by atoms with Crippen LogP contribution in [0, 0.1) is 13.8 Å². The maximum Gasteiger partial charge on any atom is 0.269 e. The van der Waals surface area contributed by atoms with Gasteiger partial charge in [0.2, 0.25) is 0 Å². The number of rotatable bonds is 3. The molecule has 0 bridgehead atoms. The van der Waals surface area contributed by atoms with Gasteiger partial charge in [-0.2, -0.15) is 0 Å². The molecule has 0 radical (unpaired) electrons. The van der Waals surface area contributed by atoms with Crippen molar-refractivity contribution in [2.45, 2.75) is 13.8 Å². The Bertz CT molecular complexity index is 769. The summed E-state index contributed by atoms with van der Waals surface area (Å²) in [5.74, 6) is -0.782. The smallest absolute Gasteiger partial charge is 0.268 e. The number of hydrogen-bond acceptors (Lipinski definition) is 2. The van der Waals surface area contributed by atoms with Crippen molar-refractivity contribution in [1.29, 1.82) is 0 Å². The number of hydrogen-bond donors (Lipinski definition) is 2. The predicted octanol–water partition coefficient (Wildman–Crippen LogP) is 3.43. The number of aryl methyl sites for hydroxylation is 2. The van der Waals surface area contributed by atoms with Crippen LogP contribution >= 0.6 is 11.6 Å². The van der Waals surface area contributed by atoms with Gasteiger partial charge in [-0.15, -0.1) is 0 Å². The second kappa shape index (κ2) is 7.61. The molecule has 0 aromatic heterocycles. The minimum absolute atomic E-state index is 0.355. The molecule has 2 N–H and O–H groups in total. The van der Waals surface area contributed by atoms with Crippen LogP contribution in [0.4, 0.5) is 0 Å². The summed E-state index contributed by atoms with van der Waals surface area (Å²) in [7, 11) is 0. The molecule has 4 nitrogen and oxygen atoms in total. The molecule has 0 heterocycles. The van der Waals surface area contributed by atoms with Gasteiger partial charge in [-0.3, -0.25) is 20.4 Å². The first kappa shape index (κ1) is 16.8. The van der Waals surface area contributed by atoms with Gasteiger partial charge in [-0.05, 0) is 49.2 Å². The number of halogens is 1. The molecular weight excluding hydrogens is 312 g/mol. The maximum atomic E-state index is 12.0. The highest BCUT2D eigenvalue weighted by molar-refractivity contribution is 6.30. The molecule has 5 heteroatoms. The first-order valence-corrected chi connectivity index (χ1v) is 7.45. The molecule has 0 saturated carbocycles. The first-order chi connectivity index (χ1) is 11.0. The Morgan fingerprint density at radius 3 is 2.52 bits per heavy atom. The lowest BCUT2D eigenvalue weighted by Gasteiger charge is -2.08. The average Bonchev–Trinajstić information content (AvgIpc) is 2.50. The van der Waals surface area contributed by atoms with Gasteiger partial charge >= 0.3 is 0 Å². The molecule has 118 valence electrons. The maximum absolute atomic E-state index is 12.0. The van der Waals surface area contributed by atoms with Crippen LogP contribution in [0.3, 0.4) is 0 Å². The second-order valence-corrected chi connectivity index (χ2v) is 5.59. The summed E-state index contributed by atoms with van der Waals surface area (Å²) >= 11 is 5.87. The van der Waals surface area contributed by atoms with Gasteiger partial charge in [0, 0.05) is 16.7 Å². The van der Waals surface area contributed by atoms with Crippen LogP contribution in [0.1, 0.15) is 27.0 Å². The molecular formula is C18H17ClN2O2. The van der Waals surface area contributed by atoms with E-state index < -0.39 is 5.91 Å². The summed E-state index contributed by atoms with van der Waals surface area (Å²) in [5.41, 5.74) is 7.99. The molecule has 23 heavy (non-hydrogen) atoms. The van der Waals surface area contributed by atoms with Crippen LogP contribution in [-0.2, 0) is 4.79 Å². The fraction of sp³-hybridized carbons (Fsp3) is 0.111. The number of hydrazine groups is 1. The summed E-state index contributed by atoms with van der Waals surface area (Å²) in [6, 6.07) is 12.6. The highest BCUT2D eigenvalue weighted by Crippen LogP contribution is 2.12. The van der Waals surface area contributed by atoms with E-state index in [-0.39, 0.29) is 5.91 Å². The Balaban J connectivity index is 1.92. The molecule has 0 atom stereocenters. The van der Waals surface area contributed by atoms with E-state index in [4.69, 9.17) is 11.6 Å². The third-order valence-electron chi connectivity index (χ3n) is 3.20. The molecule has 0 aliphatic heterocycles. The van der Waals surface area contributed by atoms with Crippen molar-refractivity contribution < 1.29 is 9.59 Å². The zero-order chi connectivity index (χ0) is 16.8. The van der Waals surface area contributed by atoms with E-state index in [2.05, 4.69) is 10.9 Å². The minimum Gasteiger partial charge on any atom is -0.268 e. The van der Waals surface area contributed by atoms with Crippen LogP contribution < -0.4 is 10.9 Å². The van der Waals surface area contributed by atoms with E-state index >= 15 is 0 Å². The Hall–Kier alpha value is -2.59. The van der Waals surface area contributed by atoms with E-state index in [0.717, 1.165) is 16.7 Å². The largest absolute Gasteiger partial charge is 0.269 e. The molecule has 2 aromatic rings. The average molecular weight is 329 g/mol.